The van der Waals surface area contributed by atoms with E-state index in [9.17, 15) is 0 Å². The molecule has 0 radical (unpaired) electrons. The van der Waals surface area contributed by atoms with Gasteiger partial charge in [-0.2, -0.15) is 0 Å². The summed E-state index contributed by atoms with van der Waals surface area (Å²) in [5.74, 6) is 0. The molecule has 0 rings (SSSR count). The molecule has 0 aromatic heterocycles. The van der Waals surface area contributed by atoms with Crippen LogP contribution in [0.2, 0.25) is 19.5 Å². The molecule has 13 heavy (non-hydrogen) atoms. The lowest BCUT2D eigenvalue weighted by molar-refractivity contribution is 0.125. The highest BCUT2D eigenvalue weighted by Gasteiger charge is 2.36. The van der Waals surface area contributed by atoms with Gasteiger partial charge in [0.2, 0.25) is 0 Å². The molecule has 0 aromatic carbocycles. The minimum absolute atomic E-state index is 0.469. The summed E-state index contributed by atoms with van der Waals surface area (Å²) in [6.45, 7) is 17.5. The largest absolute Gasteiger partial charge is 0.136 e. The number of hydrogen-bond acceptors (Lipinski definition) is 0. The smallest absolute Gasteiger partial charge is 0.0861 e. The van der Waals surface area contributed by atoms with E-state index >= 15 is 0 Å². The Balaban J connectivity index is 4.38. The average molecular weight is 182 g/mol. The normalized spacial score (nSPS) is 13.2. The van der Waals surface area contributed by atoms with E-state index in [-0.39, 0.29) is 0 Å². The highest BCUT2D eigenvalue weighted by Crippen LogP contribution is 2.45. The summed E-state index contributed by atoms with van der Waals surface area (Å²) in [5, 5.41) is 0. The van der Waals surface area contributed by atoms with E-state index in [0.717, 1.165) is 6.71 Å². The number of rotatable bonds is 5. The highest BCUT2D eigenvalue weighted by atomic mass is 14.4. The van der Waals surface area contributed by atoms with Crippen molar-refractivity contribution in [2.75, 3.05) is 0 Å². The van der Waals surface area contributed by atoms with Crippen LogP contribution in [0.1, 0.15) is 48.0 Å². The zero-order valence-corrected chi connectivity index (χ0v) is 10.7. The van der Waals surface area contributed by atoms with Crippen molar-refractivity contribution < 1.29 is 0 Å². The van der Waals surface area contributed by atoms with Crippen LogP contribution in [0, 0.1) is 10.8 Å². The molecule has 0 aliphatic carbocycles. The Labute approximate surface area is 85.6 Å². The van der Waals surface area contributed by atoms with Crippen LogP contribution in [0.15, 0.2) is 0 Å². The highest BCUT2D eigenvalue weighted by molar-refractivity contribution is 6.57. The van der Waals surface area contributed by atoms with E-state index in [1.54, 1.807) is 0 Å². The minimum atomic E-state index is 0.469. The van der Waals surface area contributed by atoms with Crippen molar-refractivity contribution in [3.63, 3.8) is 0 Å². The third-order valence-electron chi connectivity index (χ3n) is 4.27. The van der Waals surface area contributed by atoms with Crippen LogP contribution in [0.5, 0.6) is 0 Å². The van der Waals surface area contributed by atoms with E-state index in [0.29, 0.717) is 10.8 Å². The molecule has 0 aromatic rings. The van der Waals surface area contributed by atoms with Crippen LogP contribution in [0.3, 0.4) is 0 Å². The monoisotopic (exact) mass is 182 g/mol. The number of hydrogen-bond donors (Lipinski definition) is 0. The first-order valence-electron chi connectivity index (χ1n) is 5.77. The Kier molecular flexibility index (Phi) is 4.55. The Morgan fingerprint density at radius 1 is 0.923 bits per heavy atom. The first kappa shape index (κ1) is 13.1. The summed E-state index contributed by atoms with van der Waals surface area (Å²) in [6.07, 6.45) is 3.93. The first-order chi connectivity index (χ1) is 5.77. The van der Waals surface area contributed by atoms with Gasteiger partial charge in [-0.05, 0) is 10.8 Å². The van der Waals surface area contributed by atoms with Gasteiger partial charge in [-0.25, -0.2) is 0 Å². The molecule has 0 heterocycles. The molecule has 0 bridgehead atoms. The summed E-state index contributed by atoms with van der Waals surface area (Å²) >= 11 is 0. The Bertz CT molecular complexity index is 147. The topological polar surface area (TPSA) is 0 Å². The second kappa shape index (κ2) is 4.53. The predicted molar refractivity (Wildman–Crippen MR) is 64.8 cm³/mol. The summed E-state index contributed by atoms with van der Waals surface area (Å²) in [5.41, 5.74) is 0.938. The van der Waals surface area contributed by atoms with Gasteiger partial charge in [0.25, 0.3) is 0 Å². The van der Waals surface area contributed by atoms with Crippen molar-refractivity contribution in [3.05, 3.63) is 0 Å². The van der Waals surface area contributed by atoms with E-state index in [2.05, 4.69) is 48.4 Å². The summed E-state index contributed by atoms with van der Waals surface area (Å²) < 4.78 is 0. The lowest BCUT2D eigenvalue weighted by atomic mass is 9.40. The maximum atomic E-state index is 2.42. The maximum absolute atomic E-state index is 2.42. The van der Waals surface area contributed by atoms with Crippen LogP contribution >= 0.6 is 0 Å². The van der Waals surface area contributed by atoms with Crippen LogP contribution in [0.4, 0.5) is 0 Å². The molecule has 0 N–H and O–H groups in total. The van der Waals surface area contributed by atoms with E-state index in [4.69, 9.17) is 0 Å². The van der Waals surface area contributed by atoms with Gasteiger partial charge in [-0.3, -0.25) is 0 Å². The second-order valence-electron chi connectivity index (χ2n) is 5.84. The third-order valence-corrected chi connectivity index (χ3v) is 4.27. The molecule has 0 saturated heterocycles. The van der Waals surface area contributed by atoms with Crippen molar-refractivity contribution in [1.29, 1.82) is 0 Å². The Morgan fingerprint density at radius 2 is 1.38 bits per heavy atom. The summed E-state index contributed by atoms with van der Waals surface area (Å²) in [6, 6.07) is 0. The minimum Gasteiger partial charge on any atom is -0.0861 e. The fourth-order valence-electron chi connectivity index (χ4n) is 1.77. The van der Waals surface area contributed by atoms with E-state index < -0.39 is 0 Å². The average Bonchev–Trinajstić information content (AvgIpc) is 2.03. The molecular weight excluding hydrogens is 155 g/mol. The molecule has 0 atom stereocenters. The van der Waals surface area contributed by atoms with Crippen LogP contribution in [-0.2, 0) is 0 Å². The molecule has 78 valence electrons. The van der Waals surface area contributed by atoms with Gasteiger partial charge in [0, 0.05) is 0 Å². The molecule has 0 amide bonds. The quantitative estimate of drug-likeness (QED) is 0.545. The molecule has 1 heteroatoms. The van der Waals surface area contributed by atoms with Gasteiger partial charge in [0.1, 0.15) is 6.71 Å². The van der Waals surface area contributed by atoms with Gasteiger partial charge in [-0.1, -0.05) is 67.4 Å². The molecule has 0 fully saturated rings. The molecule has 0 unspecified atom stereocenters. The van der Waals surface area contributed by atoms with Crippen molar-refractivity contribution in [3.8, 4) is 0 Å². The van der Waals surface area contributed by atoms with E-state index in [1.807, 2.05) is 0 Å². The SMILES string of the molecule is CCB(C)CC(C)(C)C(C)(C)CC. The predicted octanol–water partition coefficient (Wildman–Crippen LogP) is 4.59. The van der Waals surface area contributed by atoms with Crippen molar-refractivity contribution >= 4 is 6.71 Å². The fraction of sp³-hybridized carbons (Fsp3) is 1.00. The molecule has 0 aliphatic heterocycles. The van der Waals surface area contributed by atoms with Gasteiger partial charge < -0.3 is 0 Å². The first-order valence-corrected chi connectivity index (χ1v) is 5.77. The molecule has 0 saturated carbocycles. The van der Waals surface area contributed by atoms with Gasteiger partial charge in [0.15, 0.2) is 0 Å². The van der Waals surface area contributed by atoms with Gasteiger partial charge >= 0.3 is 0 Å². The third kappa shape index (κ3) is 3.36. The van der Waals surface area contributed by atoms with E-state index in [1.165, 1.54) is 19.1 Å². The fourth-order valence-corrected chi connectivity index (χ4v) is 1.77. The molecule has 0 nitrogen and oxygen atoms in total. The lowest BCUT2D eigenvalue weighted by Gasteiger charge is -2.42. The summed E-state index contributed by atoms with van der Waals surface area (Å²) in [7, 11) is 0. The molecule has 0 spiro atoms. The van der Waals surface area contributed by atoms with Crippen molar-refractivity contribution in [1.82, 2.24) is 0 Å². The maximum Gasteiger partial charge on any atom is 0.136 e. The van der Waals surface area contributed by atoms with Crippen LogP contribution < -0.4 is 0 Å². The van der Waals surface area contributed by atoms with Crippen LogP contribution in [-0.4, -0.2) is 6.71 Å². The standard InChI is InChI=1S/C12H27B/c1-8-11(3,4)12(5,6)10-13(7)9-2/h8-10H2,1-7H3. The summed E-state index contributed by atoms with van der Waals surface area (Å²) in [4.78, 5) is 0. The zero-order chi connectivity index (χ0) is 10.7. The van der Waals surface area contributed by atoms with Crippen molar-refractivity contribution in [2.45, 2.75) is 67.4 Å². The Hall–Kier alpha value is 0.0649. The Morgan fingerprint density at radius 3 is 1.69 bits per heavy atom. The lowest BCUT2D eigenvalue weighted by Crippen LogP contribution is -2.34. The second-order valence-corrected chi connectivity index (χ2v) is 5.84. The zero-order valence-electron chi connectivity index (χ0n) is 10.7. The molecule has 0 aliphatic rings. The van der Waals surface area contributed by atoms with Gasteiger partial charge in [0.05, 0.1) is 0 Å². The van der Waals surface area contributed by atoms with Crippen LogP contribution in [0.25, 0.3) is 0 Å². The van der Waals surface area contributed by atoms with Gasteiger partial charge in [-0.15, -0.1) is 0 Å². The van der Waals surface area contributed by atoms with Crippen molar-refractivity contribution in [2.24, 2.45) is 10.8 Å². The molecular formula is C12H27B.